The maximum atomic E-state index is 11.7. The number of nitrogens with one attached hydrogen (secondary N) is 1. The molecule has 1 aromatic heterocycles. The van der Waals surface area contributed by atoms with Crippen molar-refractivity contribution in [3.63, 3.8) is 0 Å². The van der Waals surface area contributed by atoms with Gasteiger partial charge in [-0.05, 0) is 13.0 Å². The summed E-state index contributed by atoms with van der Waals surface area (Å²) in [5, 5.41) is 8.61. The molecule has 1 atom stereocenters. The van der Waals surface area contributed by atoms with Gasteiger partial charge in [0.2, 0.25) is 15.9 Å². The van der Waals surface area contributed by atoms with E-state index >= 15 is 0 Å². The van der Waals surface area contributed by atoms with E-state index in [1.54, 1.807) is 0 Å². The molecule has 0 saturated carbocycles. The van der Waals surface area contributed by atoms with Crippen LogP contribution in [0.25, 0.3) is 0 Å². The average molecular weight is 260 g/mol. The minimum Gasteiger partial charge on any atom is -0.481 e. The van der Waals surface area contributed by atoms with Gasteiger partial charge in [-0.1, -0.05) is 0 Å². The van der Waals surface area contributed by atoms with Gasteiger partial charge >= 0.3 is 5.97 Å². The quantitative estimate of drug-likeness (QED) is 0.762. The van der Waals surface area contributed by atoms with E-state index in [9.17, 15) is 13.2 Å². The van der Waals surface area contributed by atoms with Crippen molar-refractivity contribution in [1.29, 1.82) is 0 Å². The van der Waals surface area contributed by atoms with E-state index in [4.69, 9.17) is 9.84 Å². The number of aromatic nitrogens is 1. The number of ether oxygens (including phenoxy) is 1. The molecule has 17 heavy (non-hydrogen) atoms. The Hall–Kier alpha value is -1.67. The molecule has 0 radical (unpaired) electrons. The zero-order valence-corrected chi connectivity index (χ0v) is 10.1. The van der Waals surface area contributed by atoms with Crippen LogP contribution in [0.5, 0.6) is 5.88 Å². The zero-order chi connectivity index (χ0) is 13.1. The Morgan fingerprint density at radius 2 is 2.18 bits per heavy atom. The molecule has 0 aliphatic heterocycles. The third-order valence-electron chi connectivity index (χ3n) is 1.93. The van der Waals surface area contributed by atoms with Crippen molar-refractivity contribution in [2.24, 2.45) is 0 Å². The fraction of sp³-hybridized carbons (Fsp3) is 0.333. The lowest BCUT2D eigenvalue weighted by Crippen LogP contribution is -2.38. The van der Waals surface area contributed by atoms with Crippen LogP contribution in [-0.4, -0.2) is 37.6 Å². The second-order valence-corrected chi connectivity index (χ2v) is 4.93. The highest BCUT2D eigenvalue weighted by atomic mass is 32.2. The molecule has 0 bridgehead atoms. The van der Waals surface area contributed by atoms with Gasteiger partial charge in [-0.15, -0.1) is 0 Å². The van der Waals surface area contributed by atoms with Crippen LogP contribution in [0.3, 0.4) is 0 Å². The number of methoxy groups -OCH3 is 1. The Morgan fingerprint density at radius 3 is 2.59 bits per heavy atom. The number of aliphatic carboxylic acids is 1. The summed E-state index contributed by atoms with van der Waals surface area (Å²) in [4.78, 5) is 14.2. The number of hydrogen-bond acceptors (Lipinski definition) is 5. The van der Waals surface area contributed by atoms with Gasteiger partial charge in [-0.25, -0.2) is 13.4 Å². The molecule has 1 aromatic rings. The summed E-state index contributed by atoms with van der Waals surface area (Å²) in [6, 6.07) is 1.45. The number of rotatable bonds is 5. The van der Waals surface area contributed by atoms with Gasteiger partial charge in [0, 0.05) is 6.07 Å². The van der Waals surface area contributed by atoms with Gasteiger partial charge in [0.1, 0.15) is 10.9 Å². The second kappa shape index (κ2) is 5.11. The van der Waals surface area contributed by atoms with Gasteiger partial charge in [0.25, 0.3) is 0 Å². The fourth-order valence-electron chi connectivity index (χ4n) is 0.998. The van der Waals surface area contributed by atoms with Crippen molar-refractivity contribution in [1.82, 2.24) is 9.71 Å². The monoisotopic (exact) mass is 260 g/mol. The predicted molar refractivity (Wildman–Crippen MR) is 58.2 cm³/mol. The van der Waals surface area contributed by atoms with E-state index < -0.39 is 22.0 Å². The lowest BCUT2D eigenvalue weighted by atomic mass is 10.4. The fourth-order valence-corrected chi connectivity index (χ4v) is 2.14. The van der Waals surface area contributed by atoms with Crippen molar-refractivity contribution < 1.29 is 23.1 Å². The Morgan fingerprint density at radius 1 is 1.53 bits per heavy atom. The summed E-state index contributed by atoms with van der Waals surface area (Å²) in [6.45, 7) is 1.23. The van der Waals surface area contributed by atoms with Crippen LogP contribution >= 0.6 is 0 Å². The number of carboxylic acids is 1. The highest BCUT2D eigenvalue weighted by Crippen LogP contribution is 2.12. The molecule has 0 spiro atoms. The van der Waals surface area contributed by atoms with Crippen LogP contribution in [0.1, 0.15) is 6.92 Å². The van der Waals surface area contributed by atoms with E-state index in [2.05, 4.69) is 4.98 Å². The molecule has 0 aromatic carbocycles. The number of carbonyl (C=O) groups is 1. The number of hydrogen-bond donors (Lipinski definition) is 2. The SMILES string of the molecule is COc1ccc(S(=O)(=O)N[C@H](C)C(=O)O)cn1. The summed E-state index contributed by atoms with van der Waals surface area (Å²) in [5.41, 5.74) is 0. The molecule has 0 aliphatic rings. The van der Waals surface area contributed by atoms with Crippen LogP contribution in [0, 0.1) is 0 Å². The predicted octanol–water partition coefficient (Wildman–Crippen LogP) is -0.158. The molecule has 7 nitrogen and oxygen atoms in total. The van der Waals surface area contributed by atoms with E-state index in [1.807, 2.05) is 4.72 Å². The molecule has 0 unspecified atom stereocenters. The minimum absolute atomic E-state index is 0.119. The van der Waals surface area contributed by atoms with Crippen molar-refractivity contribution >= 4 is 16.0 Å². The van der Waals surface area contributed by atoms with E-state index in [0.717, 1.165) is 6.20 Å². The number of nitrogens with zero attached hydrogens (tertiary/aromatic N) is 1. The molecule has 1 heterocycles. The third kappa shape index (κ3) is 3.40. The molecule has 0 amide bonds. The van der Waals surface area contributed by atoms with Gasteiger partial charge in [0.05, 0.1) is 13.3 Å². The number of pyridine rings is 1. The molecule has 2 N–H and O–H groups in total. The maximum absolute atomic E-state index is 11.7. The molecular formula is C9H12N2O5S. The minimum atomic E-state index is -3.88. The van der Waals surface area contributed by atoms with Crippen molar-refractivity contribution in [3.8, 4) is 5.88 Å². The highest BCUT2D eigenvalue weighted by Gasteiger charge is 2.21. The van der Waals surface area contributed by atoms with Gasteiger partial charge in [-0.2, -0.15) is 4.72 Å². The van der Waals surface area contributed by atoms with Crippen LogP contribution < -0.4 is 9.46 Å². The topological polar surface area (TPSA) is 106 Å². The van der Waals surface area contributed by atoms with Crippen molar-refractivity contribution in [2.45, 2.75) is 17.9 Å². The first kappa shape index (κ1) is 13.4. The average Bonchev–Trinajstić information content (AvgIpc) is 2.28. The molecule has 0 saturated heterocycles. The Labute approximate surface area is 98.5 Å². The first-order chi connectivity index (χ1) is 7.86. The van der Waals surface area contributed by atoms with Gasteiger partial charge in [0.15, 0.2) is 0 Å². The van der Waals surface area contributed by atoms with Crippen LogP contribution in [0.15, 0.2) is 23.2 Å². The van der Waals surface area contributed by atoms with E-state index in [1.165, 1.54) is 26.2 Å². The Kier molecular flexibility index (Phi) is 4.02. The maximum Gasteiger partial charge on any atom is 0.321 e. The molecule has 94 valence electrons. The van der Waals surface area contributed by atoms with E-state index in [-0.39, 0.29) is 10.8 Å². The molecule has 0 fully saturated rings. The van der Waals surface area contributed by atoms with Gasteiger partial charge < -0.3 is 9.84 Å². The molecule has 0 aliphatic carbocycles. The number of carboxylic acid groups (broad SMARTS) is 1. The lowest BCUT2D eigenvalue weighted by Gasteiger charge is -2.09. The Bertz CT molecular complexity index is 497. The summed E-state index contributed by atoms with van der Waals surface area (Å²) < 4.78 is 30.2. The van der Waals surface area contributed by atoms with Crippen LogP contribution in [0.4, 0.5) is 0 Å². The Balaban J connectivity index is 2.93. The number of sulfonamides is 1. The van der Waals surface area contributed by atoms with Crippen molar-refractivity contribution in [2.75, 3.05) is 7.11 Å². The zero-order valence-electron chi connectivity index (χ0n) is 9.25. The standard InChI is InChI=1S/C9H12N2O5S/c1-6(9(12)13)11-17(14,15)7-3-4-8(16-2)10-5-7/h3-6,11H,1-2H3,(H,12,13)/t6-/m1/s1. The third-order valence-corrected chi connectivity index (χ3v) is 3.46. The molecule has 1 rings (SSSR count). The highest BCUT2D eigenvalue weighted by molar-refractivity contribution is 7.89. The summed E-state index contributed by atoms with van der Waals surface area (Å²) in [5.74, 6) is -0.981. The summed E-state index contributed by atoms with van der Waals surface area (Å²) >= 11 is 0. The first-order valence-electron chi connectivity index (χ1n) is 4.62. The van der Waals surface area contributed by atoms with E-state index in [0.29, 0.717) is 0 Å². The molecular weight excluding hydrogens is 248 g/mol. The summed E-state index contributed by atoms with van der Waals surface area (Å²) in [7, 11) is -2.47. The lowest BCUT2D eigenvalue weighted by molar-refractivity contribution is -0.138. The first-order valence-corrected chi connectivity index (χ1v) is 6.10. The smallest absolute Gasteiger partial charge is 0.321 e. The molecule has 8 heteroatoms. The van der Waals surface area contributed by atoms with Crippen molar-refractivity contribution in [3.05, 3.63) is 18.3 Å². The second-order valence-electron chi connectivity index (χ2n) is 3.22. The van der Waals surface area contributed by atoms with Crippen LogP contribution in [0.2, 0.25) is 0 Å². The largest absolute Gasteiger partial charge is 0.481 e. The summed E-state index contributed by atoms with van der Waals surface area (Å²) in [6.07, 6.45) is 1.09. The normalized spacial score (nSPS) is 13.1. The van der Waals surface area contributed by atoms with Gasteiger partial charge in [-0.3, -0.25) is 4.79 Å². The van der Waals surface area contributed by atoms with Crippen LogP contribution in [-0.2, 0) is 14.8 Å².